The van der Waals surface area contributed by atoms with Crippen LogP contribution in [0.15, 0.2) is 40.9 Å². The predicted molar refractivity (Wildman–Crippen MR) is 114 cm³/mol. The van der Waals surface area contributed by atoms with E-state index in [1.165, 1.54) is 7.11 Å². The Bertz CT molecular complexity index is 805. The molecule has 2 rings (SSSR count). The van der Waals surface area contributed by atoms with Crippen LogP contribution in [-0.4, -0.2) is 33.0 Å². The smallest absolute Gasteiger partial charge is 0.305 e. The van der Waals surface area contributed by atoms with E-state index in [9.17, 15) is 9.59 Å². The quantitative estimate of drug-likeness (QED) is 0.293. The molecule has 0 N–H and O–H groups in total. The van der Waals surface area contributed by atoms with Gasteiger partial charge in [0.25, 0.3) is 0 Å². The lowest BCUT2D eigenvalue weighted by atomic mass is 10.1. The summed E-state index contributed by atoms with van der Waals surface area (Å²) < 4.78 is 10.8. The lowest BCUT2D eigenvalue weighted by Gasteiger charge is -2.27. The van der Waals surface area contributed by atoms with Crippen LogP contribution in [0, 0.1) is 6.92 Å². The zero-order valence-electron chi connectivity index (χ0n) is 16.5. The van der Waals surface area contributed by atoms with Crippen LogP contribution in [0.4, 0.5) is 5.69 Å². The molecule has 0 aliphatic carbocycles. The van der Waals surface area contributed by atoms with Gasteiger partial charge in [-0.25, -0.2) is 0 Å². The Kier molecular flexibility index (Phi) is 8.51. The van der Waals surface area contributed by atoms with E-state index in [1.807, 2.05) is 43.3 Å². The molecule has 0 spiro atoms. The number of halogens is 1. The molecule has 0 radical (unpaired) electrons. The fourth-order valence-electron chi connectivity index (χ4n) is 2.96. The lowest BCUT2D eigenvalue weighted by molar-refractivity contribution is -0.140. The Balaban J connectivity index is 2.23. The number of aryl methyl sites for hydroxylation is 1. The van der Waals surface area contributed by atoms with Crippen LogP contribution in [0.2, 0.25) is 0 Å². The summed E-state index contributed by atoms with van der Waals surface area (Å²) in [6.07, 6.45) is 2.83. The van der Waals surface area contributed by atoms with Gasteiger partial charge in [-0.05, 0) is 55.2 Å². The van der Waals surface area contributed by atoms with Gasteiger partial charge in [-0.3, -0.25) is 9.59 Å². The van der Waals surface area contributed by atoms with E-state index in [1.54, 1.807) is 7.11 Å². The van der Waals surface area contributed by atoms with Crippen LogP contribution >= 0.6 is 15.9 Å². The first kappa shape index (κ1) is 22.0. The molecule has 0 saturated heterocycles. The highest BCUT2D eigenvalue weighted by Gasteiger charge is 2.14. The molecular weight excluding hydrogens is 422 g/mol. The molecule has 0 bridgehead atoms. The average molecular weight is 448 g/mol. The monoisotopic (exact) mass is 447 g/mol. The predicted octanol–water partition coefficient (Wildman–Crippen LogP) is 4.93. The van der Waals surface area contributed by atoms with Crippen molar-refractivity contribution in [3.63, 3.8) is 0 Å². The summed E-state index contributed by atoms with van der Waals surface area (Å²) in [4.78, 5) is 25.2. The first-order chi connectivity index (χ1) is 13.5. The van der Waals surface area contributed by atoms with Crippen LogP contribution in [0.25, 0.3) is 0 Å². The van der Waals surface area contributed by atoms with Gasteiger partial charge in [0.05, 0.1) is 14.2 Å². The van der Waals surface area contributed by atoms with E-state index in [2.05, 4.69) is 20.8 Å². The van der Waals surface area contributed by atoms with Crippen molar-refractivity contribution in [1.82, 2.24) is 0 Å². The van der Waals surface area contributed by atoms with Crippen molar-refractivity contribution in [2.45, 2.75) is 32.7 Å². The normalized spacial score (nSPS) is 10.4. The second kappa shape index (κ2) is 10.9. The van der Waals surface area contributed by atoms with E-state index in [0.29, 0.717) is 18.5 Å². The third-order valence-corrected chi connectivity index (χ3v) is 5.45. The van der Waals surface area contributed by atoms with Gasteiger partial charge in [0, 0.05) is 35.2 Å². The number of unbranched alkanes of at least 4 members (excludes halogenated alkanes) is 1. The molecule has 2 aromatic carbocycles. The molecule has 5 nitrogen and oxygen atoms in total. The van der Waals surface area contributed by atoms with Crippen molar-refractivity contribution in [1.29, 1.82) is 0 Å². The van der Waals surface area contributed by atoms with Gasteiger partial charge in [0.2, 0.25) is 0 Å². The highest BCUT2D eigenvalue weighted by atomic mass is 79.9. The van der Waals surface area contributed by atoms with Crippen LogP contribution in [0.3, 0.4) is 0 Å². The standard InChI is InChI=1S/C22H26BrNO4/c1-16-12-21(18(15-25)13-20(16)23)24(11-5-4-6-22(26)28-3)14-17-7-9-19(27-2)10-8-17/h7-10,12-13,15H,4-6,11,14H2,1-3H3. The molecule has 0 aliphatic rings. The van der Waals surface area contributed by atoms with Gasteiger partial charge in [0.15, 0.2) is 6.29 Å². The van der Waals surface area contributed by atoms with E-state index in [4.69, 9.17) is 9.47 Å². The third kappa shape index (κ3) is 6.09. The summed E-state index contributed by atoms with van der Waals surface area (Å²) in [7, 11) is 3.04. The largest absolute Gasteiger partial charge is 0.497 e. The molecule has 0 aromatic heterocycles. The summed E-state index contributed by atoms with van der Waals surface area (Å²) in [5.41, 5.74) is 3.71. The number of anilines is 1. The van der Waals surface area contributed by atoms with Crippen molar-refractivity contribution >= 4 is 33.9 Å². The molecule has 0 atom stereocenters. The summed E-state index contributed by atoms with van der Waals surface area (Å²) in [6.45, 7) is 3.39. The summed E-state index contributed by atoms with van der Waals surface area (Å²) in [5.74, 6) is 0.608. The average Bonchev–Trinajstić information content (AvgIpc) is 2.72. The number of carbonyl (C=O) groups excluding carboxylic acids is 2. The topological polar surface area (TPSA) is 55.8 Å². The Morgan fingerprint density at radius 1 is 1.14 bits per heavy atom. The fourth-order valence-corrected chi connectivity index (χ4v) is 3.32. The molecule has 2 aromatic rings. The van der Waals surface area contributed by atoms with E-state index < -0.39 is 0 Å². The van der Waals surface area contributed by atoms with E-state index in [0.717, 1.165) is 52.7 Å². The van der Waals surface area contributed by atoms with Crippen LogP contribution < -0.4 is 9.64 Å². The number of hydrogen-bond acceptors (Lipinski definition) is 5. The number of ether oxygens (including phenoxy) is 2. The number of nitrogens with zero attached hydrogens (tertiary/aromatic N) is 1. The van der Waals surface area contributed by atoms with Crippen molar-refractivity contribution in [3.05, 3.63) is 57.6 Å². The minimum atomic E-state index is -0.199. The molecule has 150 valence electrons. The molecule has 0 amide bonds. The van der Waals surface area contributed by atoms with Gasteiger partial charge in [0.1, 0.15) is 5.75 Å². The van der Waals surface area contributed by atoms with Gasteiger partial charge >= 0.3 is 5.97 Å². The maximum absolute atomic E-state index is 11.7. The van der Waals surface area contributed by atoms with E-state index in [-0.39, 0.29) is 5.97 Å². The number of rotatable bonds is 10. The van der Waals surface area contributed by atoms with Crippen LogP contribution in [0.5, 0.6) is 5.75 Å². The highest BCUT2D eigenvalue weighted by Crippen LogP contribution is 2.29. The Morgan fingerprint density at radius 2 is 1.86 bits per heavy atom. The first-order valence-electron chi connectivity index (χ1n) is 9.18. The molecule has 0 fully saturated rings. The second-order valence-electron chi connectivity index (χ2n) is 6.58. The zero-order valence-corrected chi connectivity index (χ0v) is 18.1. The molecular formula is C22H26BrNO4. The molecule has 0 aliphatic heterocycles. The maximum atomic E-state index is 11.7. The Hall–Kier alpha value is -2.34. The number of esters is 1. The molecule has 28 heavy (non-hydrogen) atoms. The maximum Gasteiger partial charge on any atom is 0.305 e. The minimum absolute atomic E-state index is 0.199. The van der Waals surface area contributed by atoms with Gasteiger partial charge in [-0.1, -0.05) is 28.1 Å². The lowest BCUT2D eigenvalue weighted by Crippen LogP contribution is -2.25. The molecule has 0 heterocycles. The van der Waals surface area contributed by atoms with E-state index >= 15 is 0 Å². The molecule has 0 saturated carbocycles. The molecule has 6 heteroatoms. The van der Waals surface area contributed by atoms with Crippen molar-refractivity contribution in [3.8, 4) is 5.75 Å². The fraction of sp³-hybridized carbons (Fsp3) is 0.364. The van der Waals surface area contributed by atoms with Crippen LogP contribution in [0.1, 0.15) is 40.7 Å². The number of carbonyl (C=O) groups is 2. The Labute approximate surface area is 174 Å². The number of benzene rings is 2. The number of hydrogen-bond donors (Lipinski definition) is 0. The second-order valence-corrected chi connectivity index (χ2v) is 7.44. The van der Waals surface area contributed by atoms with Gasteiger partial charge in [-0.15, -0.1) is 0 Å². The highest BCUT2D eigenvalue weighted by molar-refractivity contribution is 9.10. The summed E-state index contributed by atoms with van der Waals surface area (Å²) >= 11 is 3.50. The van der Waals surface area contributed by atoms with Gasteiger partial charge in [-0.2, -0.15) is 0 Å². The molecule has 0 unspecified atom stereocenters. The minimum Gasteiger partial charge on any atom is -0.497 e. The van der Waals surface area contributed by atoms with Crippen molar-refractivity contribution in [2.24, 2.45) is 0 Å². The van der Waals surface area contributed by atoms with Crippen molar-refractivity contribution in [2.75, 3.05) is 25.7 Å². The summed E-state index contributed by atoms with van der Waals surface area (Å²) in [5, 5.41) is 0. The number of methoxy groups -OCH3 is 2. The SMILES string of the molecule is COC(=O)CCCCN(Cc1ccc(OC)cc1)c1cc(C)c(Br)cc1C=O. The first-order valence-corrected chi connectivity index (χ1v) is 9.97. The van der Waals surface area contributed by atoms with Gasteiger partial charge < -0.3 is 14.4 Å². The summed E-state index contributed by atoms with van der Waals surface area (Å²) in [6, 6.07) is 11.8. The van der Waals surface area contributed by atoms with Crippen molar-refractivity contribution < 1.29 is 19.1 Å². The zero-order chi connectivity index (χ0) is 20.5. The Morgan fingerprint density at radius 3 is 2.46 bits per heavy atom. The third-order valence-electron chi connectivity index (χ3n) is 4.59. The number of aldehydes is 1. The van der Waals surface area contributed by atoms with Crippen LogP contribution in [-0.2, 0) is 16.1 Å².